The van der Waals surface area contributed by atoms with Crippen molar-refractivity contribution in [2.75, 3.05) is 0 Å². The third-order valence-electron chi connectivity index (χ3n) is 3.92. The van der Waals surface area contributed by atoms with Crippen LogP contribution in [0.25, 0.3) is 0 Å². The predicted octanol–water partition coefficient (Wildman–Crippen LogP) is 1.56. The average Bonchev–Trinajstić information content (AvgIpc) is 2.72. The molecule has 0 aromatic rings. The van der Waals surface area contributed by atoms with E-state index in [1.807, 2.05) is 0 Å². The molecule has 2 rings (SSSR count). The van der Waals surface area contributed by atoms with E-state index in [2.05, 4.69) is 0 Å². The van der Waals surface area contributed by atoms with Crippen LogP contribution in [0, 0.1) is 5.41 Å². The zero-order valence-corrected chi connectivity index (χ0v) is 9.90. The van der Waals surface area contributed by atoms with Gasteiger partial charge in [0.05, 0.1) is 23.2 Å². The van der Waals surface area contributed by atoms with Crippen molar-refractivity contribution < 1.29 is 19.7 Å². The number of ether oxygens (including phenoxy) is 1. The molecule has 2 bridgehead atoms. The summed E-state index contributed by atoms with van der Waals surface area (Å²) < 4.78 is 5.65. The summed E-state index contributed by atoms with van der Waals surface area (Å²) in [7, 11) is 0. The van der Waals surface area contributed by atoms with E-state index >= 15 is 0 Å². The normalized spacial score (nSPS) is 37.9. The van der Waals surface area contributed by atoms with Gasteiger partial charge in [-0.3, -0.25) is 4.79 Å². The maximum absolute atomic E-state index is 11.5. The summed E-state index contributed by atoms with van der Waals surface area (Å²) in [5, 5.41) is 19.1. The Kier molecular flexibility index (Phi) is 2.75. The lowest BCUT2D eigenvalue weighted by Crippen LogP contribution is -2.41. The number of carboxylic acids is 1. The Hall–Kier alpha value is -0.610. The summed E-state index contributed by atoms with van der Waals surface area (Å²) in [6.07, 6.45) is 3.45. The van der Waals surface area contributed by atoms with Gasteiger partial charge in [-0.15, -0.1) is 0 Å². The van der Waals surface area contributed by atoms with Crippen LogP contribution in [0.3, 0.4) is 0 Å². The second-order valence-electron chi connectivity index (χ2n) is 5.80. The predicted molar refractivity (Wildman–Crippen MR) is 58.1 cm³/mol. The quantitative estimate of drug-likeness (QED) is 0.766. The highest BCUT2D eigenvalue weighted by Crippen LogP contribution is 2.51. The van der Waals surface area contributed by atoms with Crippen molar-refractivity contribution in [3.63, 3.8) is 0 Å². The number of carboxylic acid groups (broad SMARTS) is 1. The minimum absolute atomic E-state index is 0.128. The highest BCUT2D eigenvalue weighted by molar-refractivity contribution is 5.76. The molecule has 0 aromatic heterocycles. The molecular formula is C12H20O4. The van der Waals surface area contributed by atoms with E-state index in [1.54, 1.807) is 13.8 Å². The molecule has 2 saturated heterocycles. The van der Waals surface area contributed by atoms with Crippen molar-refractivity contribution >= 4 is 5.97 Å². The molecule has 2 aliphatic rings. The zero-order chi connectivity index (χ0) is 12.0. The summed E-state index contributed by atoms with van der Waals surface area (Å²) in [6.45, 7) is 3.44. The fraction of sp³-hybridized carbons (Fsp3) is 0.917. The van der Waals surface area contributed by atoms with Crippen LogP contribution >= 0.6 is 0 Å². The number of rotatable bonds is 4. The van der Waals surface area contributed by atoms with Gasteiger partial charge in [-0.05, 0) is 46.0 Å². The maximum atomic E-state index is 11.5. The van der Waals surface area contributed by atoms with Gasteiger partial charge in [0.2, 0.25) is 0 Å². The van der Waals surface area contributed by atoms with Crippen molar-refractivity contribution in [1.29, 1.82) is 0 Å². The van der Waals surface area contributed by atoms with Crippen LogP contribution in [-0.4, -0.2) is 34.0 Å². The third-order valence-corrected chi connectivity index (χ3v) is 3.92. The van der Waals surface area contributed by atoms with Crippen LogP contribution in [0.2, 0.25) is 0 Å². The van der Waals surface area contributed by atoms with E-state index in [1.165, 1.54) is 0 Å². The molecule has 0 aromatic carbocycles. The van der Waals surface area contributed by atoms with Gasteiger partial charge in [0.15, 0.2) is 0 Å². The van der Waals surface area contributed by atoms with Crippen molar-refractivity contribution in [2.45, 2.75) is 63.8 Å². The monoisotopic (exact) mass is 228 g/mol. The first kappa shape index (κ1) is 11.9. The van der Waals surface area contributed by atoms with Crippen molar-refractivity contribution in [1.82, 2.24) is 0 Å². The Morgan fingerprint density at radius 1 is 1.50 bits per heavy atom. The molecule has 0 saturated carbocycles. The van der Waals surface area contributed by atoms with Gasteiger partial charge in [-0.1, -0.05) is 0 Å². The molecule has 92 valence electrons. The summed E-state index contributed by atoms with van der Waals surface area (Å²) in [6, 6.07) is 0. The number of aliphatic carboxylic acids is 1. The molecule has 3 atom stereocenters. The van der Waals surface area contributed by atoms with Crippen molar-refractivity contribution in [3.8, 4) is 0 Å². The van der Waals surface area contributed by atoms with Crippen LogP contribution in [-0.2, 0) is 9.53 Å². The number of aliphatic hydroxyl groups is 1. The van der Waals surface area contributed by atoms with Gasteiger partial charge in [-0.2, -0.15) is 0 Å². The largest absolute Gasteiger partial charge is 0.481 e. The van der Waals surface area contributed by atoms with Gasteiger partial charge >= 0.3 is 5.97 Å². The summed E-state index contributed by atoms with van der Waals surface area (Å²) in [4.78, 5) is 11.5. The van der Waals surface area contributed by atoms with Crippen LogP contribution in [0.15, 0.2) is 0 Å². The number of hydrogen-bond donors (Lipinski definition) is 2. The molecule has 4 heteroatoms. The molecule has 4 nitrogen and oxygen atoms in total. The number of hydrogen-bond acceptors (Lipinski definition) is 3. The molecule has 2 aliphatic heterocycles. The Labute approximate surface area is 95.6 Å². The lowest BCUT2D eigenvalue weighted by atomic mass is 9.70. The van der Waals surface area contributed by atoms with Crippen LogP contribution in [0.1, 0.15) is 46.0 Å². The van der Waals surface area contributed by atoms with E-state index < -0.39 is 17.0 Å². The van der Waals surface area contributed by atoms with E-state index in [0.29, 0.717) is 19.3 Å². The highest BCUT2D eigenvalue weighted by Gasteiger charge is 2.57. The molecule has 0 spiro atoms. The van der Waals surface area contributed by atoms with Crippen molar-refractivity contribution in [3.05, 3.63) is 0 Å². The minimum atomic E-state index is -0.801. The second kappa shape index (κ2) is 3.70. The highest BCUT2D eigenvalue weighted by atomic mass is 16.5. The van der Waals surface area contributed by atoms with Gasteiger partial charge in [-0.25, -0.2) is 0 Å². The molecule has 2 N–H and O–H groups in total. The van der Waals surface area contributed by atoms with Gasteiger partial charge in [0, 0.05) is 0 Å². The number of carbonyl (C=O) groups is 1. The molecule has 3 unspecified atom stereocenters. The Balaban J connectivity index is 2.09. The smallest absolute Gasteiger partial charge is 0.312 e. The van der Waals surface area contributed by atoms with Crippen LogP contribution in [0.5, 0.6) is 0 Å². The number of fused-ring (bicyclic) bond motifs is 2. The molecule has 2 heterocycles. The first-order valence-electron chi connectivity index (χ1n) is 5.95. The van der Waals surface area contributed by atoms with Gasteiger partial charge < -0.3 is 14.9 Å². The first-order chi connectivity index (χ1) is 7.33. The molecular weight excluding hydrogens is 208 g/mol. The first-order valence-corrected chi connectivity index (χ1v) is 5.95. The fourth-order valence-electron chi connectivity index (χ4n) is 2.92. The van der Waals surface area contributed by atoms with Crippen LogP contribution in [0.4, 0.5) is 0 Å². The van der Waals surface area contributed by atoms with E-state index in [9.17, 15) is 15.0 Å². The SMILES string of the molecule is CC(C)(O)CCC1(C(=O)O)CC2CCC1O2. The van der Waals surface area contributed by atoms with Gasteiger partial charge in [0.25, 0.3) is 0 Å². The molecule has 0 aliphatic carbocycles. The topological polar surface area (TPSA) is 66.8 Å². The molecule has 2 fully saturated rings. The summed E-state index contributed by atoms with van der Waals surface area (Å²) in [5.74, 6) is -0.760. The molecule has 16 heavy (non-hydrogen) atoms. The third kappa shape index (κ3) is 1.96. The zero-order valence-electron chi connectivity index (χ0n) is 9.90. The summed E-state index contributed by atoms with van der Waals surface area (Å²) >= 11 is 0. The van der Waals surface area contributed by atoms with E-state index in [4.69, 9.17) is 4.74 Å². The second-order valence-corrected chi connectivity index (χ2v) is 5.80. The lowest BCUT2D eigenvalue weighted by Gasteiger charge is -2.33. The summed E-state index contributed by atoms with van der Waals surface area (Å²) in [5.41, 5.74) is -1.55. The average molecular weight is 228 g/mol. The van der Waals surface area contributed by atoms with Crippen LogP contribution < -0.4 is 0 Å². The Bertz CT molecular complexity index is 294. The van der Waals surface area contributed by atoms with Gasteiger partial charge in [0.1, 0.15) is 0 Å². The fourth-order valence-corrected chi connectivity index (χ4v) is 2.92. The molecule has 0 radical (unpaired) electrons. The standard InChI is InChI=1S/C12H20O4/c1-11(2,15)5-6-12(10(13)14)7-8-3-4-9(12)16-8/h8-9,15H,3-7H2,1-2H3,(H,13,14). The lowest BCUT2D eigenvalue weighted by molar-refractivity contribution is -0.153. The van der Waals surface area contributed by atoms with E-state index in [0.717, 1.165) is 12.8 Å². The van der Waals surface area contributed by atoms with Crippen molar-refractivity contribution in [2.24, 2.45) is 5.41 Å². The van der Waals surface area contributed by atoms with E-state index in [-0.39, 0.29) is 12.2 Å². The Morgan fingerprint density at radius 2 is 2.19 bits per heavy atom. The Morgan fingerprint density at radius 3 is 2.56 bits per heavy atom. The minimum Gasteiger partial charge on any atom is -0.481 e. The molecule has 0 amide bonds. The maximum Gasteiger partial charge on any atom is 0.312 e.